The van der Waals surface area contributed by atoms with Gasteiger partial charge in [-0.15, -0.1) is 0 Å². The number of hydrogen-bond donors (Lipinski definition) is 3. The van der Waals surface area contributed by atoms with Crippen molar-refractivity contribution in [2.75, 3.05) is 6.54 Å². The van der Waals surface area contributed by atoms with Crippen molar-refractivity contribution in [2.24, 2.45) is 0 Å². The molecule has 0 aliphatic heterocycles. The van der Waals surface area contributed by atoms with E-state index in [1.54, 1.807) is 24.3 Å². The topological polar surface area (TPSA) is 127 Å². The molecular formula is C32H30F5N3O6. The summed E-state index contributed by atoms with van der Waals surface area (Å²) in [4.78, 5) is 38.5. The number of carbonyl (C=O) groups is 3. The Kier molecular flexibility index (Phi) is 12.0. The van der Waals surface area contributed by atoms with Crippen LogP contribution in [0.4, 0.5) is 26.7 Å². The molecule has 1 atom stereocenters. The molecular weight excluding hydrogens is 617 g/mol. The van der Waals surface area contributed by atoms with Gasteiger partial charge in [-0.2, -0.15) is 13.2 Å². The Morgan fingerprint density at radius 3 is 2.15 bits per heavy atom. The second kappa shape index (κ2) is 15.6. The fourth-order valence-corrected chi connectivity index (χ4v) is 3.83. The summed E-state index contributed by atoms with van der Waals surface area (Å²) in [5.41, 5.74) is 0.714. The second-order valence-corrected chi connectivity index (χ2v) is 10.1. The number of hydrogen-bond acceptors (Lipinski definition) is 6. The summed E-state index contributed by atoms with van der Waals surface area (Å²) in [6, 6.07) is 19.7. The van der Waals surface area contributed by atoms with Crippen LogP contribution in [0.2, 0.25) is 0 Å². The summed E-state index contributed by atoms with van der Waals surface area (Å²) in [5, 5.41) is 13.4. The molecule has 3 aromatic carbocycles. The van der Waals surface area contributed by atoms with E-state index in [1.807, 2.05) is 44.2 Å². The number of ether oxygens (including phenoxy) is 2. The monoisotopic (exact) mass is 647 g/mol. The van der Waals surface area contributed by atoms with Crippen molar-refractivity contribution >= 4 is 28.9 Å². The third kappa shape index (κ3) is 10.1. The number of alkyl carbamates (subject to hydrolysis) is 1. The zero-order valence-electron chi connectivity index (χ0n) is 24.7. The number of aromatic nitrogens is 1. The van der Waals surface area contributed by atoms with E-state index in [2.05, 4.69) is 15.6 Å². The number of carbonyl (C=O) groups excluding carboxylic acids is 2. The highest BCUT2D eigenvalue weighted by Crippen LogP contribution is 2.26. The highest BCUT2D eigenvalue weighted by molar-refractivity contribution is 5.98. The number of pyridine rings is 1. The lowest BCUT2D eigenvalue weighted by Gasteiger charge is -2.29. The van der Waals surface area contributed by atoms with Gasteiger partial charge < -0.3 is 25.2 Å². The maximum absolute atomic E-state index is 14.0. The zero-order chi connectivity index (χ0) is 33.9. The Balaban J connectivity index is 0.000000738. The molecule has 1 heterocycles. The van der Waals surface area contributed by atoms with Crippen LogP contribution in [0.25, 0.3) is 10.9 Å². The van der Waals surface area contributed by atoms with E-state index in [-0.39, 0.29) is 31.2 Å². The van der Waals surface area contributed by atoms with E-state index in [0.29, 0.717) is 28.6 Å². The van der Waals surface area contributed by atoms with Crippen LogP contribution in [0.15, 0.2) is 79.0 Å². The maximum atomic E-state index is 14.0. The molecule has 0 aliphatic carbocycles. The summed E-state index contributed by atoms with van der Waals surface area (Å²) < 4.78 is 70.6. The van der Waals surface area contributed by atoms with Gasteiger partial charge in [0.05, 0.1) is 16.7 Å². The minimum Gasteiger partial charge on any atom is -0.486 e. The normalized spacial score (nSPS) is 12.2. The number of aliphatic carboxylic acids is 1. The molecule has 14 heteroatoms. The van der Waals surface area contributed by atoms with Gasteiger partial charge in [0.15, 0.2) is 0 Å². The first-order chi connectivity index (χ1) is 21.7. The molecule has 4 rings (SSSR count). The van der Waals surface area contributed by atoms with Crippen molar-refractivity contribution in [3.63, 3.8) is 0 Å². The first-order valence-corrected chi connectivity index (χ1v) is 13.7. The molecule has 4 aromatic rings. The Morgan fingerprint density at radius 1 is 0.913 bits per heavy atom. The number of benzene rings is 3. The summed E-state index contributed by atoms with van der Waals surface area (Å²) in [7, 11) is 0. The van der Waals surface area contributed by atoms with E-state index in [1.165, 1.54) is 24.4 Å². The number of fused-ring (bicyclic) bond motifs is 1. The van der Waals surface area contributed by atoms with Crippen molar-refractivity contribution in [3.8, 4) is 5.75 Å². The standard InChI is InChI=1S/C30H29F2N3O4.C2HF3O2/c1-3-30(2,35-29(37)39-17-20-9-5-4-6-10-20)19-34-28(36)22-15-21-11-7-14-26(27(21)33-16-22)38-18-23-24(31)12-8-13-25(23)32;3-2(4,5)1(6)7/h4-16H,3,17-19H2,1-2H3,(H,34,36)(H,35,37);(H,6,7)/t30-;/m0./s1. The minimum atomic E-state index is -5.08. The average Bonchev–Trinajstić information content (AvgIpc) is 3.02. The highest BCUT2D eigenvalue weighted by atomic mass is 19.4. The summed E-state index contributed by atoms with van der Waals surface area (Å²) in [5.74, 6) is -4.19. The molecule has 0 saturated carbocycles. The molecule has 3 N–H and O–H groups in total. The van der Waals surface area contributed by atoms with Crippen LogP contribution in [0, 0.1) is 11.6 Å². The van der Waals surface area contributed by atoms with E-state index in [4.69, 9.17) is 19.4 Å². The van der Waals surface area contributed by atoms with Crippen molar-refractivity contribution in [3.05, 3.63) is 107 Å². The molecule has 1 aromatic heterocycles. The van der Waals surface area contributed by atoms with Gasteiger partial charge in [0.1, 0.15) is 36.1 Å². The fourth-order valence-electron chi connectivity index (χ4n) is 3.83. The second-order valence-electron chi connectivity index (χ2n) is 10.1. The summed E-state index contributed by atoms with van der Waals surface area (Å²) in [6.45, 7) is 3.71. The van der Waals surface area contributed by atoms with Gasteiger partial charge in [-0.3, -0.25) is 9.78 Å². The maximum Gasteiger partial charge on any atom is 0.490 e. The first-order valence-electron chi connectivity index (χ1n) is 13.7. The Morgan fingerprint density at radius 2 is 1.54 bits per heavy atom. The van der Waals surface area contributed by atoms with Gasteiger partial charge in [0.2, 0.25) is 0 Å². The number of carboxylic acid groups (broad SMARTS) is 1. The van der Waals surface area contributed by atoms with E-state index >= 15 is 0 Å². The van der Waals surface area contributed by atoms with Gasteiger partial charge in [-0.05, 0) is 43.2 Å². The number of nitrogens with one attached hydrogen (secondary N) is 2. The van der Waals surface area contributed by atoms with Crippen LogP contribution in [-0.2, 0) is 22.7 Å². The smallest absolute Gasteiger partial charge is 0.486 e. The number of rotatable bonds is 10. The fraction of sp³-hybridized carbons (Fsp3) is 0.250. The molecule has 0 spiro atoms. The largest absolute Gasteiger partial charge is 0.490 e. The molecule has 0 saturated heterocycles. The molecule has 244 valence electrons. The Labute approximate surface area is 260 Å². The predicted octanol–water partition coefficient (Wildman–Crippen LogP) is 6.55. The summed E-state index contributed by atoms with van der Waals surface area (Å²) >= 11 is 0. The van der Waals surface area contributed by atoms with E-state index in [9.17, 15) is 31.5 Å². The molecule has 0 bridgehead atoms. The molecule has 0 aliphatic rings. The highest BCUT2D eigenvalue weighted by Gasteiger charge is 2.38. The van der Waals surface area contributed by atoms with Crippen LogP contribution >= 0.6 is 0 Å². The average molecular weight is 648 g/mol. The quantitative estimate of drug-likeness (QED) is 0.167. The number of halogens is 5. The van der Waals surface area contributed by atoms with Crippen molar-refractivity contribution in [1.29, 1.82) is 0 Å². The SMILES string of the molecule is CC[C@@](C)(CNC(=O)c1cnc2c(OCc3c(F)cccc3F)cccc2c1)NC(=O)OCc1ccccc1.O=C(O)C(F)(F)F. The van der Waals surface area contributed by atoms with Crippen LogP contribution in [-0.4, -0.2) is 46.3 Å². The van der Waals surface area contributed by atoms with Gasteiger partial charge in [-0.25, -0.2) is 18.4 Å². The Hall–Kier alpha value is -5.27. The first kappa shape index (κ1) is 35.2. The number of amides is 2. The van der Waals surface area contributed by atoms with Gasteiger partial charge in [0.25, 0.3) is 5.91 Å². The third-order valence-corrected chi connectivity index (χ3v) is 6.65. The predicted molar refractivity (Wildman–Crippen MR) is 157 cm³/mol. The van der Waals surface area contributed by atoms with E-state index in [0.717, 1.165) is 5.56 Å². The van der Waals surface area contributed by atoms with Crippen LogP contribution in [0.1, 0.15) is 41.8 Å². The Bertz CT molecular complexity index is 1650. The van der Waals surface area contributed by atoms with Gasteiger partial charge in [0, 0.05) is 18.1 Å². The molecule has 9 nitrogen and oxygen atoms in total. The van der Waals surface area contributed by atoms with Crippen LogP contribution in [0.5, 0.6) is 5.75 Å². The third-order valence-electron chi connectivity index (χ3n) is 6.65. The van der Waals surface area contributed by atoms with Crippen molar-refractivity contribution < 1.29 is 50.9 Å². The minimum absolute atomic E-state index is 0.141. The molecule has 0 fully saturated rings. The van der Waals surface area contributed by atoms with Crippen LogP contribution in [0.3, 0.4) is 0 Å². The lowest BCUT2D eigenvalue weighted by atomic mass is 9.99. The number of nitrogens with zero attached hydrogens (tertiary/aromatic N) is 1. The lowest BCUT2D eigenvalue weighted by molar-refractivity contribution is -0.192. The zero-order valence-corrected chi connectivity index (χ0v) is 24.7. The van der Waals surface area contributed by atoms with Gasteiger partial charge >= 0.3 is 18.2 Å². The van der Waals surface area contributed by atoms with E-state index < -0.39 is 35.4 Å². The lowest BCUT2D eigenvalue weighted by Crippen LogP contribution is -2.53. The molecule has 46 heavy (non-hydrogen) atoms. The molecule has 2 amide bonds. The molecule has 0 radical (unpaired) electrons. The van der Waals surface area contributed by atoms with Crippen LogP contribution < -0.4 is 15.4 Å². The molecule has 0 unspecified atom stereocenters. The van der Waals surface area contributed by atoms with Gasteiger partial charge in [-0.1, -0.05) is 55.5 Å². The van der Waals surface area contributed by atoms with Crippen molar-refractivity contribution in [1.82, 2.24) is 15.6 Å². The number of alkyl halides is 3. The summed E-state index contributed by atoms with van der Waals surface area (Å²) in [6.07, 6.45) is -3.71. The number of carboxylic acids is 1. The number of para-hydroxylation sites is 1. The van der Waals surface area contributed by atoms with Crippen molar-refractivity contribution in [2.45, 2.75) is 45.2 Å².